The smallest absolute Gasteiger partial charge is 0.377 e. The molecule has 0 aliphatic heterocycles. The fourth-order valence-corrected chi connectivity index (χ4v) is 6.04. The Bertz CT molecular complexity index is 375. The highest BCUT2D eigenvalue weighted by Crippen LogP contribution is 2.22. The zero-order valence-corrected chi connectivity index (χ0v) is 23.9. The zero-order valence-electron chi connectivity index (χ0n) is 22.9. The second kappa shape index (κ2) is 21.6. The van der Waals surface area contributed by atoms with Crippen LogP contribution in [0.15, 0.2) is 0 Å². The first-order chi connectivity index (χ1) is 15.4. The van der Waals surface area contributed by atoms with Crippen molar-refractivity contribution < 1.29 is 13.3 Å². The van der Waals surface area contributed by atoms with E-state index in [2.05, 4.69) is 26.1 Å². The molecule has 0 aromatic heterocycles. The molecule has 0 fully saturated rings. The second-order valence-corrected chi connectivity index (χ2v) is 13.9. The lowest BCUT2D eigenvalue weighted by Gasteiger charge is -2.24. The van der Waals surface area contributed by atoms with Gasteiger partial charge in [-0.05, 0) is 37.8 Å². The van der Waals surface area contributed by atoms with Crippen molar-refractivity contribution in [2.75, 3.05) is 34.4 Å². The van der Waals surface area contributed by atoms with E-state index in [1.165, 1.54) is 103 Å². The molecule has 4 nitrogen and oxygen atoms in total. The number of nitrogens with one attached hydrogen (secondary N) is 1. The van der Waals surface area contributed by atoms with E-state index in [1.54, 1.807) is 21.3 Å². The van der Waals surface area contributed by atoms with Crippen LogP contribution in [0.25, 0.3) is 0 Å². The minimum Gasteiger partial charge on any atom is -0.377 e. The van der Waals surface area contributed by atoms with Crippen molar-refractivity contribution in [1.29, 1.82) is 0 Å². The molecule has 0 rings (SSSR count). The van der Waals surface area contributed by atoms with Gasteiger partial charge in [-0.3, -0.25) is 0 Å². The molecule has 5 heteroatoms. The summed E-state index contributed by atoms with van der Waals surface area (Å²) in [5.74, 6) is 0. The fourth-order valence-electron chi connectivity index (χ4n) is 4.31. The van der Waals surface area contributed by atoms with Crippen molar-refractivity contribution >= 4 is 8.80 Å². The molecule has 0 saturated heterocycles. The summed E-state index contributed by atoms with van der Waals surface area (Å²) in [6.45, 7) is 9.21. The maximum Gasteiger partial charge on any atom is 0.500 e. The van der Waals surface area contributed by atoms with Gasteiger partial charge in [0.25, 0.3) is 0 Å². The molecular formula is C27H59NO3Si. The van der Waals surface area contributed by atoms with Crippen LogP contribution in [0, 0.1) is 5.41 Å². The molecule has 0 aliphatic carbocycles. The lowest BCUT2D eigenvalue weighted by Crippen LogP contribution is -2.43. The molecular weight excluding hydrogens is 414 g/mol. The Labute approximate surface area is 203 Å². The van der Waals surface area contributed by atoms with Crippen LogP contribution in [0.2, 0.25) is 6.04 Å². The van der Waals surface area contributed by atoms with Crippen molar-refractivity contribution in [3.8, 4) is 0 Å². The van der Waals surface area contributed by atoms with Crippen molar-refractivity contribution in [2.24, 2.45) is 5.41 Å². The number of unbranched alkanes of at least 4 members (excludes halogenated alkanes) is 14. The molecule has 0 atom stereocenters. The molecule has 0 heterocycles. The Hall–Kier alpha value is 0.0569. The van der Waals surface area contributed by atoms with Crippen molar-refractivity contribution in [3.63, 3.8) is 0 Å². The Balaban J connectivity index is 3.20. The summed E-state index contributed by atoms with van der Waals surface area (Å²) in [4.78, 5) is 0. The van der Waals surface area contributed by atoms with Crippen molar-refractivity contribution in [3.05, 3.63) is 0 Å². The normalized spacial score (nSPS) is 12.6. The monoisotopic (exact) mass is 473 g/mol. The molecule has 0 bridgehead atoms. The van der Waals surface area contributed by atoms with Gasteiger partial charge in [-0.15, -0.1) is 0 Å². The van der Waals surface area contributed by atoms with E-state index in [9.17, 15) is 0 Å². The molecule has 0 radical (unpaired) electrons. The number of hydrogen-bond donors (Lipinski definition) is 1. The average molecular weight is 474 g/mol. The van der Waals surface area contributed by atoms with Crippen molar-refractivity contribution in [1.82, 2.24) is 5.32 Å². The summed E-state index contributed by atoms with van der Waals surface area (Å²) < 4.78 is 16.4. The van der Waals surface area contributed by atoms with E-state index < -0.39 is 8.80 Å². The average Bonchev–Trinajstić information content (AvgIpc) is 2.77. The third-order valence-corrected chi connectivity index (χ3v) is 9.38. The summed E-state index contributed by atoms with van der Waals surface area (Å²) in [6, 6.07) is 0.876. The minimum absolute atomic E-state index is 0.520. The highest BCUT2D eigenvalue weighted by atomic mass is 28.4. The first-order valence-corrected chi connectivity index (χ1v) is 15.7. The van der Waals surface area contributed by atoms with Crippen LogP contribution >= 0.6 is 0 Å². The van der Waals surface area contributed by atoms with Crippen LogP contribution in [0.5, 0.6) is 0 Å². The van der Waals surface area contributed by atoms with Crippen LogP contribution in [0.3, 0.4) is 0 Å². The van der Waals surface area contributed by atoms with E-state index in [4.69, 9.17) is 13.3 Å². The molecule has 0 amide bonds. The second-order valence-electron chi connectivity index (χ2n) is 10.8. The van der Waals surface area contributed by atoms with Gasteiger partial charge in [-0.2, -0.15) is 0 Å². The number of rotatable bonds is 24. The summed E-state index contributed by atoms with van der Waals surface area (Å²) in [5.41, 5.74) is 0.520. The SMILES string of the molecule is CO[Si](CCCNCCCCCCCCCCCCCCCCCC(C)(C)C)(OC)OC. The first-order valence-electron chi connectivity index (χ1n) is 13.8. The van der Waals surface area contributed by atoms with Gasteiger partial charge in [-0.25, -0.2) is 0 Å². The van der Waals surface area contributed by atoms with Gasteiger partial charge >= 0.3 is 8.80 Å². The molecule has 0 aromatic carbocycles. The quantitative estimate of drug-likeness (QED) is 0.113. The molecule has 194 valence electrons. The predicted molar refractivity (Wildman–Crippen MR) is 142 cm³/mol. The predicted octanol–water partition coefficient (Wildman–Crippen LogP) is 8.13. The molecule has 0 spiro atoms. The van der Waals surface area contributed by atoms with Gasteiger partial charge in [-0.1, -0.05) is 111 Å². The number of hydrogen-bond acceptors (Lipinski definition) is 4. The highest BCUT2D eigenvalue weighted by molar-refractivity contribution is 6.60. The van der Waals surface area contributed by atoms with Gasteiger partial charge in [0.15, 0.2) is 0 Å². The Kier molecular flexibility index (Phi) is 21.6. The topological polar surface area (TPSA) is 39.7 Å². The highest BCUT2D eigenvalue weighted by Gasteiger charge is 2.36. The van der Waals surface area contributed by atoms with Gasteiger partial charge in [0.05, 0.1) is 0 Å². The zero-order chi connectivity index (χ0) is 24.0. The molecule has 0 saturated carbocycles. The summed E-state index contributed by atoms with van der Waals surface area (Å²) in [6.07, 6.45) is 23.8. The first kappa shape index (κ1) is 32.1. The standard InChI is InChI=1S/C27H59NO3Si/c1-27(2,3)23-20-18-16-14-12-10-8-7-9-11-13-15-17-19-21-24-28-25-22-26-32(29-4,30-5)31-6/h28H,7-26H2,1-6H3. The van der Waals surface area contributed by atoms with Crippen molar-refractivity contribution in [2.45, 2.75) is 136 Å². The van der Waals surface area contributed by atoms with E-state index in [1.807, 2.05) is 0 Å². The van der Waals surface area contributed by atoms with Crippen LogP contribution in [-0.2, 0) is 13.3 Å². The minimum atomic E-state index is -2.38. The fraction of sp³-hybridized carbons (Fsp3) is 1.00. The summed E-state index contributed by atoms with van der Waals surface area (Å²) in [7, 11) is 2.68. The Morgan fingerprint density at radius 3 is 1.22 bits per heavy atom. The van der Waals surface area contributed by atoms with Crippen LogP contribution in [0.4, 0.5) is 0 Å². The molecule has 0 unspecified atom stereocenters. The molecule has 32 heavy (non-hydrogen) atoms. The van der Waals surface area contributed by atoms with Crippen LogP contribution in [-0.4, -0.2) is 43.2 Å². The Morgan fingerprint density at radius 2 is 0.844 bits per heavy atom. The molecule has 1 N–H and O–H groups in total. The van der Waals surface area contributed by atoms with E-state index in [0.29, 0.717) is 5.41 Å². The lowest BCUT2D eigenvalue weighted by molar-refractivity contribution is 0.123. The third-order valence-electron chi connectivity index (χ3n) is 6.55. The summed E-state index contributed by atoms with van der Waals surface area (Å²) >= 11 is 0. The lowest BCUT2D eigenvalue weighted by atomic mass is 9.89. The van der Waals surface area contributed by atoms with E-state index in [0.717, 1.165) is 25.6 Å². The van der Waals surface area contributed by atoms with Gasteiger partial charge in [0, 0.05) is 27.4 Å². The third kappa shape index (κ3) is 20.6. The van der Waals surface area contributed by atoms with Gasteiger partial charge < -0.3 is 18.6 Å². The van der Waals surface area contributed by atoms with E-state index in [-0.39, 0.29) is 0 Å². The van der Waals surface area contributed by atoms with E-state index >= 15 is 0 Å². The molecule has 0 aliphatic rings. The van der Waals surface area contributed by atoms with Crippen LogP contribution < -0.4 is 5.32 Å². The maximum absolute atomic E-state index is 5.45. The maximum atomic E-state index is 5.45. The van der Waals surface area contributed by atoms with Gasteiger partial charge in [0.2, 0.25) is 0 Å². The van der Waals surface area contributed by atoms with Crippen LogP contribution in [0.1, 0.15) is 130 Å². The Morgan fingerprint density at radius 1 is 0.500 bits per heavy atom. The largest absolute Gasteiger partial charge is 0.500 e. The summed E-state index contributed by atoms with van der Waals surface area (Å²) in [5, 5.41) is 3.54. The van der Waals surface area contributed by atoms with Gasteiger partial charge in [0.1, 0.15) is 0 Å². The molecule has 0 aromatic rings.